The summed E-state index contributed by atoms with van der Waals surface area (Å²) in [6, 6.07) is 7.54. The average molecular weight is 207 g/mol. The van der Waals surface area contributed by atoms with Crippen LogP contribution < -0.4 is 5.48 Å². The zero-order valence-corrected chi connectivity index (χ0v) is 8.84. The van der Waals surface area contributed by atoms with Crippen molar-refractivity contribution >= 4 is 22.4 Å². The number of nitrogens with one attached hydrogen (secondary N) is 1. The molecule has 2 nitrogen and oxygen atoms in total. The van der Waals surface area contributed by atoms with E-state index in [-0.39, 0.29) is 0 Å². The second kappa shape index (κ2) is 5.52. The van der Waals surface area contributed by atoms with Crippen molar-refractivity contribution in [1.29, 1.82) is 0 Å². The van der Waals surface area contributed by atoms with Crippen LogP contribution in [-0.2, 0) is 0 Å². The monoisotopic (exact) mass is 207 g/mol. The smallest absolute Gasteiger partial charge is 0.0602 e. The first kappa shape index (κ1) is 10.9. The molecule has 0 spiro atoms. The Bertz CT molecular complexity index is 330. The molecule has 0 bridgehead atoms. The molecule has 1 aromatic rings. The first-order chi connectivity index (χ1) is 6.81. The molecule has 0 amide bonds. The Labute approximate surface area is 88.3 Å². The van der Waals surface area contributed by atoms with E-state index >= 15 is 0 Å². The second-order valence-corrected chi connectivity index (χ2v) is 3.64. The van der Waals surface area contributed by atoms with E-state index in [4.69, 9.17) is 5.21 Å². The van der Waals surface area contributed by atoms with Gasteiger partial charge in [-0.2, -0.15) is 0 Å². The Morgan fingerprint density at radius 3 is 2.50 bits per heavy atom. The molecule has 14 heavy (non-hydrogen) atoms. The van der Waals surface area contributed by atoms with Gasteiger partial charge < -0.3 is 0 Å². The van der Waals surface area contributed by atoms with Crippen LogP contribution in [0.4, 0.5) is 5.69 Å². The van der Waals surface area contributed by atoms with E-state index in [0.29, 0.717) is 5.69 Å². The highest BCUT2D eigenvalue weighted by Gasteiger charge is 1.98. The number of anilines is 1. The van der Waals surface area contributed by atoms with Crippen LogP contribution in [0.3, 0.4) is 0 Å². The molecule has 0 radical (unpaired) electrons. The van der Waals surface area contributed by atoms with Gasteiger partial charge in [-0.15, -0.1) is 0 Å². The van der Waals surface area contributed by atoms with Crippen LogP contribution in [-0.4, -0.2) is 5.21 Å². The van der Waals surface area contributed by atoms with Crippen LogP contribution in [0.15, 0.2) is 42.3 Å². The van der Waals surface area contributed by atoms with Crippen LogP contribution >= 0.6 is 11.8 Å². The molecule has 0 aliphatic rings. The lowest BCUT2D eigenvalue weighted by Gasteiger charge is -2.04. The molecule has 0 aliphatic carbocycles. The second-order valence-electron chi connectivity index (χ2n) is 2.63. The third kappa shape index (κ3) is 2.65. The van der Waals surface area contributed by atoms with Crippen LogP contribution in [0.2, 0.25) is 0 Å². The summed E-state index contributed by atoms with van der Waals surface area (Å²) in [5.41, 5.74) is 3.91. The van der Waals surface area contributed by atoms with Gasteiger partial charge in [0.25, 0.3) is 0 Å². The van der Waals surface area contributed by atoms with Gasteiger partial charge in [0.2, 0.25) is 0 Å². The average Bonchev–Trinajstić information content (AvgIpc) is 2.26. The number of hydrogen-bond donors (Lipinski definition) is 2. The van der Waals surface area contributed by atoms with Gasteiger partial charge in [-0.25, -0.2) is 0 Å². The van der Waals surface area contributed by atoms with Gasteiger partial charge in [-0.3, -0.25) is 10.7 Å². The van der Waals surface area contributed by atoms with Crippen LogP contribution in [0, 0.1) is 0 Å². The molecule has 0 fully saturated rings. The molecular weight excluding hydrogens is 194 g/mol. The molecule has 0 unspecified atom stereocenters. The Morgan fingerprint density at radius 2 is 2.07 bits per heavy atom. The molecule has 2 N–H and O–H groups in total. The summed E-state index contributed by atoms with van der Waals surface area (Å²) in [6.07, 6.45) is 2.04. The lowest BCUT2D eigenvalue weighted by atomic mass is 10.2. The van der Waals surface area contributed by atoms with Crippen molar-refractivity contribution < 1.29 is 5.21 Å². The van der Waals surface area contributed by atoms with E-state index in [9.17, 15) is 0 Å². The van der Waals surface area contributed by atoms with E-state index in [1.807, 2.05) is 37.3 Å². The summed E-state index contributed by atoms with van der Waals surface area (Å²) in [5.74, 6) is 0. The fraction of sp³-hybridized carbons (Fsp3) is 0.0909. The topological polar surface area (TPSA) is 32.3 Å². The van der Waals surface area contributed by atoms with Crippen molar-refractivity contribution in [2.45, 2.75) is 6.92 Å². The van der Waals surface area contributed by atoms with Gasteiger partial charge >= 0.3 is 0 Å². The summed E-state index contributed by atoms with van der Waals surface area (Å²) in [5, 5.41) is 10.4. The molecule has 0 saturated heterocycles. The minimum absolute atomic E-state index is 0.688. The minimum atomic E-state index is 0.688. The molecule has 1 rings (SSSR count). The Morgan fingerprint density at radius 1 is 1.43 bits per heavy atom. The Hall–Kier alpha value is -1.19. The lowest BCUT2D eigenvalue weighted by Crippen LogP contribution is -1.88. The zero-order valence-electron chi connectivity index (χ0n) is 8.03. The fourth-order valence-corrected chi connectivity index (χ4v) is 1.69. The molecule has 0 atom stereocenters. The first-order valence-corrected chi connectivity index (χ1v) is 5.14. The highest BCUT2D eigenvalue weighted by atomic mass is 32.2. The standard InChI is InChI=1S/C11H13NOS/c1-3-11(14-4-2)9-5-7-10(12-13)8-6-9/h3-8,12-13H,2H2,1H3/b11-3-. The molecule has 74 valence electrons. The van der Waals surface area contributed by atoms with Crippen molar-refractivity contribution in [1.82, 2.24) is 0 Å². The van der Waals surface area contributed by atoms with Crippen molar-refractivity contribution in [3.8, 4) is 0 Å². The van der Waals surface area contributed by atoms with E-state index in [2.05, 4.69) is 12.1 Å². The third-order valence-corrected chi connectivity index (χ3v) is 2.66. The summed E-state index contributed by atoms with van der Waals surface area (Å²) < 4.78 is 0. The molecule has 1 aromatic carbocycles. The Balaban J connectivity index is 2.89. The molecule has 0 aliphatic heterocycles. The number of allylic oxidation sites excluding steroid dienone is 1. The first-order valence-electron chi connectivity index (χ1n) is 4.26. The predicted octanol–water partition coefficient (Wildman–Crippen LogP) is 3.73. The predicted molar refractivity (Wildman–Crippen MR) is 63.3 cm³/mol. The van der Waals surface area contributed by atoms with Crippen LogP contribution in [0.5, 0.6) is 0 Å². The van der Waals surface area contributed by atoms with Gasteiger partial charge in [0.1, 0.15) is 0 Å². The van der Waals surface area contributed by atoms with Gasteiger partial charge in [-0.05, 0) is 30.0 Å². The van der Waals surface area contributed by atoms with Crippen LogP contribution in [0.1, 0.15) is 12.5 Å². The number of benzene rings is 1. The highest BCUT2D eigenvalue weighted by Crippen LogP contribution is 2.28. The molecular formula is C11H13NOS. The summed E-state index contributed by atoms with van der Waals surface area (Å²) in [7, 11) is 0. The van der Waals surface area contributed by atoms with Gasteiger partial charge in [-0.1, -0.05) is 36.5 Å². The van der Waals surface area contributed by atoms with E-state index in [1.165, 1.54) is 0 Å². The molecule has 0 heterocycles. The maximum absolute atomic E-state index is 8.64. The normalized spacial score (nSPS) is 11.1. The van der Waals surface area contributed by atoms with E-state index in [1.54, 1.807) is 17.2 Å². The SMILES string of the molecule is C=CS/C(=C\C)c1ccc(NO)cc1. The largest absolute Gasteiger partial charge is 0.291 e. The van der Waals surface area contributed by atoms with Gasteiger partial charge in [0.05, 0.1) is 5.69 Å². The minimum Gasteiger partial charge on any atom is -0.291 e. The third-order valence-electron chi connectivity index (χ3n) is 1.77. The van der Waals surface area contributed by atoms with Gasteiger partial charge in [0, 0.05) is 4.91 Å². The quantitative estimate of drug-likeness (QED) is 0.738. The van der Waals surface area contributed by atoms with Crippen molar-refractivity contribution in [2.24, 2.45) is 0 Å². The Kier molecular flexibility index (Phi) is 4.29. The lowest BCUT2D eigenvalue weighted by molar-refractivity contribution is 0.389. The summed E-state index contributed by atoms with van der Waals surface area (Å²) >= 11 is 1.59. The van der Waals surface area contributed by atoms with Gasteiger partial charge in [0.15, 0.2) is 0 Å². The summed E-state index contributed by atoms with van der Waals surface area (Å²) in [6.45, 7) is 5.67. The maximum Gasteiger partial charge on any atom is 0.0602 e. The number of thioether (sulfide) groups is 1. The molecule has 0 aromatic heterocycles. The zero-order chi connectivity index (χ0) is 10.4. The highest BCUT2D eigenvalue weighted by molar-refractivity contribution is 8.10. The maximum atomic E-state index is 8.64. The van der Waals surface area contributed by atoms with E-state index < -0.39 is 0 Å². The van der Waals surface area contributed by atoms with Crippen LogP contribution in [0.25, 0.3) is 4.91 Å². The fourth-order valence-electron chi connectivity index (χ4n) is 1.10. The van der Waals surface area contributed by atoms with Crippen molar-refractivity contribution in [3.63, 3.8) is 0 Å². The van der Waals surface area contributed by atoms with Crippen molar-refractivity contribution in [3.05, 3.63) is 47.9 Å². The number of rotatable bonds is 4. The van der Waals surface area contributed by atoms with E-state index in [0.717, 1.165) is 10.5 Å². The molecule has 0 saturated carbocycles. The molecule has 3 heteroatoms. The number of hydrogen-bond acceptors (Lipinski definition) is 3. The summed E-state index contributed by atoms with van der Waals surface area (Å²) in [4.78, 5) is 1.16. The van der Waals surface area contributed by atoms with Crippen molar-refractivity contribution in [2.75, 3.05) is 5.48 Å².